The third-order valence-electron chi connectivity index (χ3n) is 4.12. The summed E-state index contributed by atoms with van der Waals surface area (Å²) in [7, 11) is -3.76. The Bertz CT molecular complexity index is 906. The number of benzene rings is 2. The average molecular weight is 535 g/mol. The quantitative estimate of drug-likeness (QED) is 0.275. The van der Waals surface area contributed by atoms with E-state index in [0.29, 0.717) is 12.5 Å². The van der Waals surface area contributed by atoms with Crippen LogP contribution in [0.25, 0.3) is 0 Å². The number of nitrogens with one attached hydrogen (secondary N) is 2. The van der Waals surface area contributed by atoms with Gasteiger partial charge in [0, 0.05) is 13.1 Å². The predicted molar refractivity (Wildman–Crippen MR) is 124 cm³/mol. The molecule has 0 aliphatic carbocycles. The first-order valence-electron chi connectivity index (χ1n) is 9.03. The lowest BCUT2D eigenvalue weighted by molar-refractivity contribution is 0.0672. The zero-order valence-corrected chi connectivity index (χ0v) is 19.6. The van der Waals surface area contributed by atoms with Crippen LogP contribution in [0.15, 0.2) is 64.5 Å². The van der Waals surface area contributed by atoms with E-state index in [0.717, 1.165) is 11.6 Å². The molecule has 0 radical (unpaired) electrons. The molecule has 1 atom stereocenters. The standard InChI is InChI=1S/C20H26FN3O3S.HI/c1-3-22-19(24-15-20(2,25)16-9-5-4-6-10-16)23-13-14-28(26,27)18-12-8-7-11-17(18)21;/h4-12,25H,3,13-15H2,1-2H3,(H2,22,23,24);1H. The SMILES string of the molecule is CCNC(=NCC(C)(O)c1ccccc1)NCCS(=O)(=O)c1ccccc1F.I. The van der Waals surface area contributed by atoms with Crippen LogP contribution in [0.3, 0.4) is 0 Å². The molecule has 9 heteroatoms. The van der Waals surface area contributed by atoms with E-state index in [1.54, 1.807) is 6.92 Å². The van der Waals surface area contributed by atoms with Crippen LogP contribution in [0.5, 0.6) is 0 Å². The number of nitrogens with zero attached hydrogens (tertiary/aromatic N) is 1. The van der Waals surface area contributed by atoms with E-state index < -0.39 is 21.3 Å². The van der Waals surface area contributed by atoms with Crippen LogP contribution in [0, 0.1) is 5.82 Å². The Morgan fingerprint density at radius 3 is 2.34 bits per heavy atom. The lowest BCUT2D eigenvalue weighted by Gasteiger charge is -2.22. The van der Waals surface area contributed by atoms with Crippen LogP contribution in [0.1, 0.15) is 19.4 Å². The van der Waals surface area contributed by atoms with Crippen LogP contribution in [-0.4, -0.2) is 44.9 Å². The van der Waals surface area contributed by atoms with E-state index in [4.69, 9.17) is 0 Å². The van der Waals surface area contributed by atoms with Crippen molar-refractivity contribution in [2.24, 2.45) is 4.99 Å². The topological polar surface area (TPSA) is 90.8 Å². The fraction of sp³-hybridized carbons (Fsp3) is 0.350. The van der Waals surface area contributed by atoms with E-state index in [1.165, 1.54) is 18.2 Å². The summed E-state index contributed by atoms with van der Waals surface area (Å²) in [4.78, 5) is 4.03. The van der Waals surface area contributed by atoms with Crippen LogP contribution < -0.4 is 10.6 Å². The highest BCUT2D eigenvalue weighted by Crippen LogP contribution is 2.20. The van der Waals surface area contributed by atoms with Crippen molar-refractivity contribution < 1.29 is 17.9 Å². The van der Waals surface area contributed by atoms with Crippen LogP contribution >= 0.6 is 24.0 Å². The van der Waals surface area contributed by atoms with Crippen molar-refractivity contribution in [3.8, 4) is 0 Å². The molecule has 3 N–H and O–H groups in total. The number of guanidine groups is 1. The highest BCUT2D eigenvalue weighted by atomic mass is 127. The van der Waals surface area contributed by atoms with Crippen LogP contribution in [0.2, 0.25) is 0 Å². The smallest absolute Gasteiger partial charge is 0.191 e. The largest absolute Gasteiger partial charge is 0.384 e. The van der Waals surface area contributed by atoms with Gasteiger partial charge in [0.25, 0.3) is 0 Å². The molecule has 2 aromatic carbocycles. The molecular formula is C20H27FIN3O3S. The Labute approximate surface area is 188 Å². The van der Waals surface area contributed by atoms with Crippen molar-refractivity contribution in [1.82, 2.24) is 10.6 Å². The second-order valence-corrected chi connectivity index (χ2v) is 8.59. The number of hydrogen-bond acceptors (Lipinski definition) is 4. The molecule has 29 heavy (non-hydrogen) atoms. The van der Waals surface area contributed by atoms with Crippen molar-refractivity contribution in [1.29, 1.82) is 0 Å². The van der Waals surface area contributed by atoms with Crippen LogP contribution in [-0.2, 0) is 15.4 Å². The maximum atomic E-state index is 13.7. The predicted octanol–water partition coefficient (Wildman–Crippen LogP) is 2.68. The normalized spacial score (nSPS) is 13.9. The molecule has 2 aromatic rings. The molecule has 0 saturated heterocycles. The fourth-order valence-electron chi connectivity index (χ4n) is 2.57. The van der Waals surface area contributed by atoms with E-state index in [2.05, 4.69) is 15.6 Å². The fourth-order valence-corrected chi connectivity index (χ4v) is 3.82. The molecule has 0 aliphatic rings. The van der Waals surface area contributed by atoms with Crippen molar-refractivity contribution in [3.63, 3.8) is 0 Å². The maximum absolute atomic E-state index is 13.7. The van der Waals surface area contributed by atoms with Crippen molar-refractivity contribution in [3.05, 3.63) is 66.0 Å². The Balaban J connectivity index is 0.00000420. The summed E-state index contributed by atoms with van der Waals surface area (Å²) in [6, 6.07) is 14.5. The van der Waals surface area contributed by atoms with Gasteiger partial charge in [-0.15, -0.1) is 24.0 Å². The minimum Gasteiger partial charge on any atom is -0.384 e. The van der Waals surface area contributed by atoms with Crippen LogP contribution in [0.4, 0.5) is 4.39 Å². The zero-order valence-electron chi connectivity index (χ0n) is 16.4. The average Bonchev–Trinajstić information content (AvgIpc) is 2.67. The maximum Gasteiger partial charge on any atom is 0.191 e. The number of halogens is 2. The monoisotopic (exact) mass is 535 g/mol. The van der Waals surface area contributed by atoms with Gasteiger partial charge in [0.15, 0.2) is 15.8 Å². The Hall–Kier alpha value is -1.72. The van der Waals surface area contributed by atoms with Gasteiger partial charge in [0.05, 0.1) is 12.3 Å². The van der Waals surface area contributed by atoms with Gasteiger partial charge in [-0.1, -0.05) is 42.5 Å². The molecule has 6 nitrogen and oxygen atoms in total. The molecule has 0 amide bonds. The van der Waals surface area contributed by atoms with E-state index in [1.807, 2.05) is 37.3 Å². The third kappa shape index (κ3) is 7.56. The van der Waals surface area contributed by atoms with Gasteiger partial charge in [-0.3, -0.25) is 0 Å². The third-order valence-corrected chi connectivity index (χ3v) is 5.86. The molecular weight excluding hydrogens is 508 g/mol. The Morgan fingerprint density at radius 1 is 1.10 bits per heavy atom. The number of rotatable bonds is 8. The van der Waals surface area contributed by atoms with Crippen molar-refractivity contribution >= 4 is 39.8 Å². The molecule has 1 unspecified atom stereocenters. The summed E-state index contributed by atoms with van der Waals surface area (Å²) in [5.74, 6) is -0.669. The number of aliphatic imine (C=N–C) groups is 1. The first-order valence-corrected chi connectivity index (χ1v) is 10.7. The summed E-state index contributed by atoms with van der Waals surface area (Å²) < 4.78 is 38.4. The van der Waals surface area contributed by atoms with Gasteiger partial charge in [0.2, 0.25) is 0 Å². The molecule has 0 fully saturated rings. The van der Waals surface area contributed by atoms with Crippen molar-refractivity contribution in [2.45, 2.75) is 24.3 Å². The Morgan fingerprint density at radius 2 is 1.72 bits per heavy atom. The molecule has 2 rings (SSSR count). The lowest BCUT2D eigenvalue weighted by Crippen LogP contribution is -2.40. The molecule has 0 bridgehead atoms. The van der Waals surface area contributed by atoms with Gasteiger partial charge in [-0.25, -0.2) is 17.8 Å². The first kappa shape index (κ1) is 25.3. The Kier molecular flexibility index (Phi) is 10.0. The summed E-state index contributed by atoms with van der Waals surface area (Å²) in [5, 5.41) is 16.6. The van der Waals surface area contributed by atoms with E-state index >= 15 is 0 Å². The second-order valence-electron chi connectivity index (χ2n) is 6.51. The van der Waals surface area contributed by atoms with Gasteiger partial charge < -0.3 is 15.7 Å². The number of aliphatic hydroxyl groups is 1. The molecule has 0 aromatic heterocycles. The summed E-state index contributed by atoms with van der Waals surface area (Å²) in [6.07, 6.45) is 0. The number of sulfone groups is 1. The second kappa shape index (κ2) is 11.5. The highest BCUT2D eigenvalue weighted by Gasteiger charge is 2.23. The van der Waals surface area contributed by atoms with Crippen molar-refractivity contribution in [2.75, 3.05) is 25.4 Å². The molecule has 0 aliphatic heterocycles. The van der Waals surface area contributed by atoms with Gasteiger partial charge in [-0.05, 0) is 31.5 Å². The molecule has 160 valence electrons. The zero-order chi connectivity index (χ0) is 20.6. The molecule has 0 spiro atoms. The summed E-state index contributed by atoms with van der Waals surface area (Å²) in [5.41, 5.74) is -0.431. The highest BCUT2D eigenvalue weighted by molar-refractivity contribution is 14.0. The number of hydrogen-bond donors (Lipinski definition) is 3. The van der Waals surface area contributed by atoms with E-state index in [9.17, 15) is 17.9 Å². The van der Waals surface area contributed by atoms with E-state index in [-0.39, 0.29) is 47.7 Å². The summed E-state index contributed by atoms with van der Waals surface area (Å²) >= 11 is 0. The van der Waals surface area contributed by atoms with Gasteiger partial charge in [0.1, 0.15) is 16.3 Å². The molecule has 0 heterocycles. The minimum absolute atomic E-state index is 0. The molecule has 0 saturated carbocycles. The lowest BCUT2D eigenvalue weighted by atomic mass is 9.96. The summed E-state index contributed by atoms with van der Waals surface area (Å²) in [6.45, 7) is 4.25. The van der Waals surface area contributed by atoms with Gasteiger partial charge in [-0.2, -0.15) is 0 Å². The first-order chi connectivity index (χ1) is 13.3. The van der Waals surface area contributed by atoms with Gasteiger partial charge >= 0.3 is 0 Å². The minimum atomic E-state index is -3.76.